The van der Waals surface area contributed by atoms with Crippen LogP contribution in [0.15, 0.2) is 81.1 Å². The summed E-state index contributed by atoms with van der Waals surface area (Å²) in [4.78, 5) is 18.8. The number of hydrogen-bond donors (Lipinski definition) is 0. The molecule has 0 amide bonds. The Hall–Kier alpha value is -3.51. The lowest BCUT2D eigenvalue weighted by atomic mass is 9.88. The average Bonchev–Trinajstić information content (AvgIpc) is 3.20. The standard InChI is InChI=1S/C32H31BrN4O/c1-21-12-14-23(15-13-21)20-36-22(2)28(26-10-6-7-11-30(26)36)19-34-37-31(24-8-4-3-5-9-24)35-29-17-16-25(33)18-27(29)32(37)38/h6-7,10-19,24H,3-5,8-9,20H2,1-2H3. The molecule has 38 heavy (non-hydrogen) atoms. The van der Waals surface area contributed by atoms with Crippen molar-refractivity contribution >= 4 is 44.0 Å². The highest BCUT2D eigenvalue weighted by Gasteiger charge is 2.23. The van der Waals surface area contributed by atoms with Crippen molar-refractivity contribution in [3.05, 3.63) is 110 Å². The minimum Gasteiger partial charge on any atom is -0.340 e. The van der Waals surface area contributed by atoms with Gasteiger partial charge in [0.05, 0.1) is 17.1 Å². The number of rotatable bonds is 5. The highest BCUT2D eigenvalue weighted by molar-refractivity contribution is 9.10. The minimum absolute atomic E-state index is 0.117. The number of hydrogen-bond acceptors (Lipinski definition) is 3. The van der Waals surface area contributed by atoms with E-state index in [1.54, 1.807) is 4.68 Å². The summed E-state index contributed by atoms with van der Waals surface area (Å²) < 4.78 is 4.76. The van der Waals surface area contributed by atoms with Gasteiger partial charge < -0.3 is 4.57 Å². The van der Waals surface area contributed by atoms with Gasteiger partial charge in [0.15, 0.2) is 0 Å². The van der Waals surface area contributed by atoms with E-state index in [4.69, 9.17) is 10.1 Å². The van der Waals surface area contributed by atoms with Gasteiger partial charge in [-0.1, -0.05) is 83.2 Å². The highest BCUT2D eigenvalue weighted by atomic mass is 79.9. The van der Waals surface area contributed by atoms with Gasteiger partial charge in [0.25, 0.3) is 5.56 Å². The molecular weight excluding hydrogens is 536 g/mol. The van der Waals surface area contributed by atoms with E-state index in [0.29, 0.717) is 5.39 Å². The van der Waals surface area contributed by atoms with Crippen molar-refractivity contribution in [2.45, 2.75) is 58.4 Å². The second-order valence-corrected chi connectivity index (χ2v) is 11.3. The van der Waals surface area contributed by atoms with Gasteiger partial charge in [-0.3, -0.25) is 4.79 Å². The van der Waals surface area contributed by atoms with Crippen molar-refractivity contribution < 1.29 is 0 Å². The van der Waals surface area contributed by atoms with Crippen LogP contribution in [0.4, 0.5) is 0 Å². The molecule has 0 N–H and O–H groups in total. The Labute approximate surface area is 231 Å². The van der Waals surface area contributed by atoms with Crippen LogP contribution in [0.5, 0.6) is 0 Å². The zero-order valence-corrected chi connectivity index (χ0v) is 23.4. The van der Waals surface area contributed by atoms with E-state index in [-0.39, 0.29) is 11.5 Å². The third kappa shape index (κ3) is 4.62. The van der Waals surface area contributed by atoms with E-state index in [1.807, 2.05) is 24.4 Å². The fourth-order valence-electron chi connectivity index (χ4n) is 5.72. The predicted molar refractivity (Wildman–Crippen MR) is 159 cm³/mol. The van der Waals surface area contributed by atoms with E-state index in [9.17, 15) is 4.79 Å². The molecule has 0 radical (unpaired) electrons. The molecule has 6 heteroatoms. The summed E-state index contributed by atoms with van der Waals surface area (Å²) in [6.07, 6.45) is 7.51. The summed E-state index contributed by atoms with van der Waals surface area (Å²) in [6.45, 7) is 5.02. The maximum absolute atomic E-state index is 13.8. The maximum atomic E-state index is 13.8. The van der Waals surface area contributed by atoms with Gasteiger partial charge in [0.2, 0.25) is 0 Å². The molecule has 1 fully saturated rings. The van der Waals surface area contributed by atoms with Gasteiger partial charge in [-0.05, 0) is 56.5 Å². The maximum Gasteiger partial charge on any atom is 0.282 e. The molecule has 0 atom stereocenters. The fourth-order valence-corrected chi connectivity index (χ4v) is 6.08. The van der Waals surface area contributed by atoms with Crippen LogP contribution in [0.2, 0.25) is 0 Å². The quantitative estimate of drug-likeness (QED) is 0.204. The van der Waals surface area contributed by atoms with Crippen molar-refractivity contribution in [3.8, 4) is 0 Å². The van der Waals surface area contributed by atoms with E-state index in [0.717, 1.165) is 70.2 Å². The number of fused-ring (bicyclic) bond motifs is 2. The number of aromatic nitrogens is 3. The second-order valence-electron chi connectivity index (χ2n) is 10.4. The third-order valence-corrected chi connectivity index (χ3v) is 8.34. The van der Waals surface area contributed by atoms with Crippen LogP contribution in [0.1, 0.15) is 66.2 Å². The van der Waals surface area contributed by atoms with Gasteiger partial charge in [0, 0.05) is 39.1 Å². The van der Waals surface area contributed by atoms with Crippen LogP contribution in [-0.2, 0) is 6.54 Å². The monoisotopic (exact) mass is 566 g/mol. The molecule has 1 aliphatic carbocycles. The Morgan fingerprint density at radius 1 is 0.974 bits per heavy atom. The molecule has 0 saturated heterocycles. The van der Waals surface area contributed by atoms with Gasteiger partial charge >= 0.3 is 0 Å². The molecule has 1 aliphatic rings. The van der Waals surface area contributed by atoms with E-state index < -0.39 is 0 Å². The first-order valence-electron chi connectivity index (χ1n) is 13.4. The molecule has 5 nitrogen and oxygen atoms in total. The summed E-state index contributed by atoms with van der Waals surface area (Å²) >= 11 is 3.52. The van der Waals surface area contributed by atoms with E-state index >= 15 is 0 Å². The summed E-state index contributed by atoms with van der Waals surface area (Å²) in [5, 5.41) is 6.57. The smallest absolute Gasteiger partial charge is 0.282 e. The zero-order valence-electron chi connectivity index (χ0n) is 21.8. The molecule has 2 heterocycles. The largest absolute Gasteiger partial charge is 0.340 e. The zero-order chi connectivity index (χ0) is 26.2. The molecule has 1 saturated carbocycles. The average molecular weight is 568 g/mol. The van der Waals surface area contributed by atoms with Crippen molar-refractivity contribution in [2.75, 3.05) is 0 Å². The number of para-hydroxylation sites is 1. The molecule has 3 aromatic carbocycles. The number of benzene rings is 3. The topological polar surface area (TPSA) is 52.2 Å². The summed E-state index contributed by atoms with van der Waals surface area (Å²) in [5.74, 6) is 1.02. The van der Waals surface area contributed by atoms with Crippen molar-refractivity contribution in [1.29, 1.82) is 0 Å². The molecule has 2 aromatic heterocycles. The Kier molecular flexibility index (Phi) is 6.75. The van der Waals surface area contributed by atoms with Crippen molar-refractivity contribution in [3.63, 3.8) is 0 Å². The Balaban J connectivity index is 1.49. The van der Waals surface area contributed by atoms with Crippen LogP contribution in [-0.4, -0.2) is 20.4 Å². The van der Waals surface area contributed by atoms with E-state index in [1.165, 1.54) is 17.5 Å². The van der Waals surface area contributed by atoms with Crippen LogP contribution >= 0.6 is 15.9 Å². The molecular formula is C32H31BrN4O. The summed E-state index contributed by atoms with van der Waals surface area (Å²) in [5.41, 5.74) is 6.44. The van der Waals surface area contributed by atoms with Gasteiger partial charge in [0.1, 0.15) is 5.82 Å². The lowest BCUT2D eigenvalue weighted by molar-refractivity contribution is 0.416. The lowest BCUT2D eigenvalue weighted by Gasteiger charge is -2.22. The van der Waals surface area contributed by atoms with Gasteiger partial charge in [-0.2, -0.15) is 9.78 Å². The minimum atomic E-state index is -0.117. The number of halogens is 1. The first-order chi connectivity index (χ1) is 18.5. The summed E-state index contributed by atoms with van der Waals surface area (Å²) in [6, 6.07) is 22.8. The van der Waals surface area contributed by atoms with Crippen LogP contribution in [0.25, 0.3) is 21.8 Å². The third-order valence-electron chi connectivity index (χ3n) is 7.85. The van der Waals surface area contributed by atoms with Crippen molar-refractivity contribution in [1.82, 2.24) is 14.2 Å². The van der Waals surface area contributed by atoms with Crippen LogP contribution in [0, 0.1) is 13.8 Å². The highest BCUT2D eigenvalue weighted by Crippen LogP contribution is 2.32. The van der Waals surface area contributed by atoms with E-state index in [2.05, 4.69) is 82.9 Å². The Morgan fingerprint density at radius 2 is 1.74 bits per heavy atom. The molecule has 192 valence electrons. The first-order valence-corrected chi connectivity index (χ1v) is 14.2. The first kappa shape index (κ1) is 24.8. The molecule has 0 unspecified atom stereocenters. The van der Waals surface area contributed by atoms with Gasteiger partial charge in [-0.15, -0.1) is 0 Å². The predicted octanol–water partition coefficient (Wildman–Crippen LogP) is 7.71. The Morgan fingerprint density at radius 3 is 2.53 bits per heavy atom. The number of aryl methyl sites for hydroxylation is 1. The van der Waals surface area contributed by atoms with Gasteiger partial charge in [-0.25, -0.2) is 4.98 Å². The molecule has 5 aromatic rings. The molecule has 0 spiro atoms. The second kappa shape index (κ2) is 10.3. The SMILES string of the molecule is Cc1ccc(Cn2c(C)c(C=Nn3c(C4CCCCC4)nc4ccc(Br)cc4c3=O)c3ccccc32)cc1. The Bertz CT molecular complexity index is 1720. The van der Waals surface area contributed by atoms with Crippen molar-refractivity contribution in [2.24, 2.45) is 5.10 Å². The summed E-state index contributed by atoms with van der Waals surface area (Å²) in [7, 11) is 0. The van der Waals surface area contributed by atoms with Crippen LogP contribution < -0.4 is 5.56 Å². The molecule has 6 rings (SSSR count). The lowest BCUT2D eigenvalue weighted by Crippen LogP contribution is -2.25. The fraction of sp³-hybridized carbons (Fsp3) is 0.281. The molecule has 0 aliphatic heterocycles. The molecule has 0 bridgehead atoms. The van der Waals surface area contributed by atoms with Crippen LogP contribution in [0.3, 0.4) is 0 Å². The normalized spacial score (nSPS) is 14.7. The number of nitrogens with zero attached hydrogens (tertiary/aromatic N) is 4.